The lowest BCUT2D eigenvalue weighted by Gasteiger charge is -1.91. The molecule has 0 atom stereocenters. The van der Waals surface area contributed by atoms with Gasteiger partial charge in [-0.25, -0.2) is 0 Å². The van der Waals surface area contributed by atoms with Crippen molar-refractivity contribution in [1.29, 1.82) is 0 Å². The summed E-state index contributed by atoms with van der Waals surface area (Å²) in [5.41, 5.74) is 0. The summed E-state index contributed by atoms with van der Waals surface area (Å²) in [5.74, 6) is 1.18. The molecule has 0 saturated carbocycles. The third-order valence-corrected chi connectivity index (χ3v) is 2.41. The maximum Gasteiger partial charge on any atom is 0.278 e. The molecule has 0 aromatic heterocycles. The van der Waals surface area contributed by atoms with Crippen LogP contribution < -0.4 is 0 Å². The molecule has 42 valence electrons. The average Bonchev–Trinajstić information content (AvgIpc) is 1.69. The maximum atomic E-state index is 4.72. The molecule has 0 fully saturated rings. The van der Waals surface area contributed by atoms with Gasteiger partial charge in [-0.15, -0.1) is 0 Å². The van der Waals surface area contributed by atoms with Crippen LogP contribution in [0.1, 0.15) is 13.3 Å². The van der Waals surface area contributed by atoms with Crippen LogP contribution in [0.4, 0.5) is 0 Å². The lowest BCUT2D eigenvalue weighted by molar-refractivity contribution is 0.736. The Kier molecular flexibility index (Phi) is 7.42. The zero-order chi connectivity index (χ0) is 5.54. The molecule has 0 aliphatic heterocycles. The van der Waals surface area contributed by atoms with Crippen LogP contribution in [0, 0.1) is 0 Å². The number of hydrogen-bond acceptors (Lipinski definition) is 3. The minimum atomic E-state index is 1.18. The summed E-state index contributed by atoms with van der Waals surface area (Å²) in [7, 11) is 3.44. The third kappa shape index (κ3) is 6.72. The molecule has 0 rings (SSSR count). The van der Waals surface area contributed by atoms with Gasteiger partial charge in [-0.3, -0.25) is 0 Å². The first-order valence-corrected chi connectivity index (χ1v) is 4.48. The fraction of sp³-hybridized carbons (Fsp3) is 1.00. The van der Waals surface area contributed by atoms with Crippen molar-refractivity contribution in [3.8, 4) is 0 Å². The monoisotopic (exact) mass is 136 g/mol. The zero-order valence-corrected chi connectivity index (χ0v) is 6.27. The molecule has 0 spiro atoms. The molecule has 0 N–H and O–H groups in total. The largest absolute Gasteiger partial charge is 0.377 e. The van der Waals surface area contributed by atoms with Gasteiger partial charge in [0.1, 0.15) is 0 Å². The smallest absolute Gasteiger partial charge is 0.278 e. The average molecular weight is 136 g/mol. The second kappa shape index (κ2) is 6.72. The molecule has 0 bridgehead atoms. The number of rotatable bonds is 4. The molecular weight excluding hydrogens is 127 g/mol. The Morgan fingerprint density at radius 2 is 2.43 bits per heavy atom. The third-order valence-electron chi connectivity index (χ3n) is 0.404. The molecule has 0 aliphatic carbocycles. The van der Waals surface area contributed by atoms with Crippen LogP contribution in [0.3, 0.4) is 0 Å². The van der Waals surface area contributed by atoms with Crippen LogP contribution in [-0.2, 0) is 4.10 Å². The van der Waals surface area contributed by atoms with E-state index in [2.05, 4.69) is 6.92 Å². The van der Waals surface area contributed by atoms with Crippen LogP contribution in [-0.4, -0.2) is 13.8 Å². The van der Waals surface area contributed by atoms with Crippen LogP contribution in [0.2, 0.25) is 0 Å². The normalized spacial score (nSPS) is 9.29. The molecule has 0 radical (unpaired) electrons. The Balaban J connectivity index is 2.45. The molecule has 0 saturated heterocycles. The molecule has 0 amide bonds. The predicted octanol–water partition coefficient (Wildman–Crippen LogP) is 1.26. The van der Waals surface area contributed by atoms with E-state index in [-0.39, 0.29) is 0 Å². The van der Waals surface area contributed by atoms with Gasteiger partial charge in [0.15, 0.2) is 0 Å². The first-order chi connectivity index (χ1) is 3.41. The molecule has 0 aromatic carbocycles. The summed E-state index contributed by atoms with van der Waals surface area (Å²) >= 11 is 1.45. The molecule has 0 aromatic rings. The summed E-state index contributed by atoms with van der Waals surface area (Å²) in [4.78, 5) is 0. The molecular formula is C3H9BOS2. The summed E-state index contributed by atoms with van der Waals surface area (Å²) < 4.78 is 4.72. The minimum Gasteiger partial charge on any atom is -0.377 e. The predicted molar refractivity (Wildman–Crippen MR) is 40.0 cm³/mol. The SMILES string of the molecule is BOSSCCC. The van der Waals surface area contributed by atoms with E-state index in [0.717, 1.165) is 0 Å². The first-order valence-electron chi connectivity index (χ1n) is 2.24. The van der Waals surface area contributed by atoms with Crippen LogP contribution in [0.25, 0.3) is 0 Å². The molecule has 7 heavy (non-hydrogen) atoms. The second-order valence-electron chi connectivity index (χ2n) is 1.06. The van der Waals surface area contributed by atoms with Crippen molar-refractivity contribution in [1.82, 2.24) is 0 Å². The lowest BCUT2D eigenvalue weighted by atomic mass is 10.6. The van der Waals surface area contributed by atoms with Crippen LogP contribution in [0.5, 0.6) is 0 Å². The fourth-order valence-electron chi connectivity index (χ4n) is 0.165. The van der Waals surface area contributed by atoms with E-state index in [4.69, 9.17) is 4.10 Å². The van der Waals surface area contributed by atoms with E-state index in [9.17, 15) is 0 Å². The molecule has 0 unspecified atom stereocenters. The van der Waals surface area contributed by atoms with E-state index < -0.39 is 0 Å². The van der Waals surface area contributed by atoms with Gasteiger partial charge in [0, 0.05) is 16.8 Å². The quantitative estimate of drug-likeness (QED) is 0.249. The molecule has 1 nitrogen and oxygen atoms in total. The summed E-state index contributed by atoms with van der Waals surface area (Å²) in [6.07, 6.45) is 1.22. The van der Waals surface area contributed by atoms with Crippen molar-refractivity contribution < 1.29 is 4.10 Å². The van der Waals surface area contributed by atoms with Crippen molar-refractivity contribution in [3.63, 3.8) is 0 Å². The highest BCUT2D eigenvalue weighted by Gasteiger charge is 1.81. The standard InChI is InChI=1S/C3H9BOS2/c1-2-3-6-7-5-4/h2-4H2,1H3. The van der Waals surface area contributed by atoms with E-state index in [1.165, 1.54) is 23.2 Å². The molecule has 0 heterocycles. The number of hydrogen-bond donors (Lipinski definition) is 0. The Hall–Kier alpha value is 0.725. The first kappa shape index (κ1) is 7.72. The molecule has 4 heteroatoms. The van der Waals surface area contributed by atoms with E-state index in [0.29, 0.717) is 0 Å². The van der Waals surface area contributed by atoms with Gasteiger partial charge in [0.25, 0.3) is 8.05 Å². The van der Waals surface area contributed by atoms with Gasteiger partial charge in [0.05, 0.1) is 0 Å². The van der Waals surface area contributed by atoms with Crippen molar-refractivity contribution >= 4 is 29.9 Å². The van der Waals surface area contributed by atoms with Gasteiger partial charge in [-0.05, 0) is 6.42 Å². The van der Waals surface area contributed by atoms with Gasteiger partial charge in [0.2, 0.25) is 0 Å². The Morgan fingerprint density at radius 1 is 1.71 bits per heavy atom. The van der Waals surface area contributed by atoms with Gasteiger partial charge in [-0.2, -0.15) is 0 Å². The van der Waals surface area contributed by atoms with Crippen molar-refractivity contribution in [2.24, 2.45) is 0 Å². The van der Waals surface area contributed by atoms with Gasteiger partial charge >= 0.3 is 0 Å². The Bertz CT molecular complexity index is 32.1. The van der Waals surface area contributed by atoms with Crippen molar-refractivity contribution in [2.45, 2.75) is 13.3 Å². The van der Waals surface area contributed by atoms with Crippen molar-refractivity contribution in [2.75, 3.05) is 5.75 Å². The molecule has 0 aliphatic rings. The zero-order valence-electron chi connectivity index (χ0n) is 4.64. The van der Waals surface area contributed by atoms with Gasteiger partial charge in [-0.1, -0.05) is 17.7 Å². The van der Waals surface area contributed by atoms with E-state index >= 15 is 0 Å². The topological polar surface area (TPSA) is 9.23 Å². The summed E-state index contributed by atoms with van der Waals surface area (Å²) in [6, 6.07) is 0. The summed E-state index contributed by atoms with van der Waals surface area (Å²) in [5, 5.41) is 0. The van der Waals surface area contributed by atoms with Crippen LogP contribution >= 0.6 is 21.9 Å². The Morgan fingerprint density at radius 3 is 2.86 bits per heavy atom. The van der Waals surface area contributed by atoms with E-state index in [1.807, 2.05) is 0 Å². The van der Waals surface area contributed by atoms with Crippen LogP contribution in [0.15, 0.2) is 0 Å². The van der Waals surface area contributed by atoms with Crippen molar-refractivity contribution in [3.05, 3.63) is 0 Å². The maximum absolute atomic E-state index is 4.72. The second-order valence-corrected chi connectivity index (χ2v) is 3.29. The minimum absolute atomic E-state index is 1.18. The van der Waals surface area contributed by atoms with Gasteiger partial charge < -0.3 is 4.10 Å². The highest BCUT2D eigenvalue weighted by molar-refractivity contribution is 8.75. The Labute approximate surface area is 53.6 Å². The summed E-state index contributed by atoms with van der Waals surface area (Å²) in [6.45, 7) is 2.16. The fourth-order valence-corrected chi connectivity index (χ4v) is 1.49. The highest BCUT2D eigenvalue weighted by Crippen LogP contribution is 2.20. The van der Waals surface area contributed by atoms with E-state index in [1.54, 1.807) is 18.8 Å². The lowest BCUT2D eigenvalue weighted by Crippen LogP contribution is -1.68. The highest BCUT2D eigenvalue weighted by atomic mass is 33.1.